The van der Waals surface area contributed by atoms with Crippen LogP contribution in [-0.2, 0) is 25.6 Å². The van der Waals surface area contributed by atoms with Crippen molar-refractivity contribution in [2.45, 2.75) is 52.5 Å². The standard InChI is InChI=1S/C22H31N3O4/c1-16-11-19(17(2)25(16)9-10-28-3)12-20(13-23)22(27)29-15-21(26)24-14-18-7-5-4-6-8-18/h11-12,18H,4-10,14-15H2,1-3H3,(H,24,26)/b20-12+. The minimum atomic E-state index is -0.790. The molecule has 1 aromatic rings. The van der Waals surface area contributed by atoms with Gasteiger partial charge in [0.1, 0.15) is 11.6 Å². The number of nitriles is 1. The second-order valence-electron chi connectivity index (χ2n) is 7.52. The number of amides is 1. The molecule has 0 saturated heterocycles. The van der Waals surface area contributed by atoms with Crippen molar-refractivity contribution in [3.05, 3.63) is 28.6 Å². The van der Waals surface area contributed by atoms with Crippen LogP contribution in [0, 0.1) is 31.1 Å². The lowest BCUT2D eigenvalue weighted by molar-refractivity contribution is -0.144. The molecule has 7 heteroatoms. The van der Waals surface area contributed by atoms with E-state index in [0.717, 1.165) is 29.8 Å². The summed E-state index contributed by atoms with van der Waals surface area (Å²) in [6.07, 6.45) is 7.44. The summed E-state index contributed by atoms with van der Waals surface area (Å²) in [5, 5.41) is 12.2. The van der Waals surface area contributed by atoms with Gasteiger partial charge in [0.2, 0.25) is 0 Å². The number of carbonyl (C=O) groups is 2. The van der Waals surface area contributed by atoms with Crippen molar-refractivity contribution in [1.82, 2.24) is 9.88 Å². The molecular weight excluding hydrogens is 370 g/mol. The third-order valence-electron chi connectivity index (χ3n) is 5.42. The van der Waals surface area contributed by atoms with Crippen LogP contribution in [0.2, 0.25) is 0 Å². The van der Waals surface area contributed by atoms with E-state index in [9.17, 15) is 14.9 Å². The highest BCUT2D eigenvalue weighted by atomic mass is 16.5. The van der Waals surface area contributed by atoms with E-state index in [0.29, 0.717) is 25.6 Å². The van der Waals surface area contributed by atoms with E-state index in [4.69, 9.17) is 9.47 Å². The fourth-order valence-corrected chi connectivity index (χ4v) is 3.70. The zero-order valence-corrected chi connectivity index (χ0v) is 17.6. The second kappa shape index (κ2) is 11.4. The number of rotatable bonds is 9. The molecule has 1 heterocycles. The third kappa shape index (κ3) is 6.75. The molecule has 7 nitrogen and oxygen atoms in total. The highest BCUT2D eigenvalue weighted by Gasteiger charge is 2.17. The SMILES string of the molecule is COCCn1c(C)cc(/C=C(\C#N)C(=O)OCC(=O)NCC2CCCCC2)c1C. The van der Waals surface area contributed by atoms with E-state index in [1.807, 2.05) is 26.0 Å². The molecular formula is C22H31N3O4. The Morgan fingerprint density at radius 1 is 1.31 bits per heavy atom. The van der Waals surface area contributed by atoms with E-state index in [-0.39, 0.29) is 18.1 Å². The van der Waals surface area contributed by atoms with Gasteiger partial charge in [0.15, 0.2) is 6.61 Å². The normalized spacial score (nSPS) is 15.0. The van der Waals surface area contributed by atoms with Gasteiger partial charge in [-0.3, -0.25) is 4.79 Å². The lowest BCUT2D eigenvalue weighted by Gasteiger charge is -2.21. The molecule has 0 radical (unpaired) electrons. The van der Waals surface area contributed by atoms with Gasteiger partial charge < -0.3 is 19.4 Å². The summed E-state index contributed by atoms with van der Waals surface area (Å²) in [7, 11) is 1.64. The van der Waals surface area contributed by atoms with E-state index in [1.165, 1.54) is 25.3 Å². The molecule has 1 saturated carbocycles. The minimum Gasteiger partial charge on any atom is -0.451 e. The Morgan fingerprint density at radius 3 is 2.69 bits per heavy atom. The molecule has 158 valence electrons. The zero-order chi connectivity index (χ0) is 21.2. The molecule has 0 aliphatic heterocycles. The summed E-state index contributed by atoms with van der Waals surface area (Å²) in [5.41, 5.74) is 2.59. The van der Waals surface area contributed by atoms with Gasteiger partial charge in [-0.2, -0.15) is 5.26 Å². The second-order valence-corrected chi connectivity index (χ2v) is 7.52. The van der Waals surface area contributed by atoms with Crippen LogP contribution in [0.25, 0.3) is 6.08 Å². The zero-order valence-electron chi connectivity index (χ0n) is 17.6. The Kier molecular flexibility index (Phi) is 8.94. The fraction of sp³-hybridized carbons (Fsp3) is 0.591. The molecule has 1 aromatic heterocycles. The topological polar surface area (TPSA) is 93.3 Å². The average Bonchev–Trinajstić information content (AvgIpc) is 3.00. The molecule has 1 amide bonds. The summed E-state index contributed by atoms with van der Waals surface area (Å²) in [6.45, 7) is 5.38. The molecule has 0 spiro atoms. The smallest absolute Gasteiger partial charge is 0.349 e. The number of ether oxygens (including phenoxy) is 2. The molecule has 1 fully saturated rings. The maximum Gasteiger partial charge on any atom is 0.349 e. The highest BCUT2D eigenvalue weighted by molar-refractivity contribution is 5.99. The first-order chi connectivity index (χ1) is 14.0. The predicted molar refractivity (Wildman–Crippen MR) is 110 cm³/mol. The molecule has 1 N–H and O–H groups in total. The highest BCUT2D eigenvalue weighted by Crippen LogP contribution is 2.22. The number of aryl methyl sites for hydroxylation is 1. The molecule has 2 rings (SSSR count). The number of nitrogens with one attached hydrogen (secondary N) is 1. The molecule has 0 unspecified atom stereocenters. The largest absolute Gasteiger partial charge is 0.451 e. The van der Waals surface area contributed by atoms with Gasteiger partial charge in [-0.1, -0.05) is 19.3 Å². The first-order valence-electron chi connectivity index (χ1n) is 10.2. The van der Waals surface area contributed by atoms with E-state index in [1.54, 1.807) is 7.11 Å². The lowest BCUT2D eigenvalue weighted by atomic mass is 9.89. The van der Waals surface area contributed by atoms with Gasteiger partial charge in [0, 0.05) is 31.6 Å². The first kappa shape index (κ1) is 22.7. The molecule has 0 bridgehead atoms. The van der Waals surface area contributed by atoms with Crippen LogP contribution in [0.5, 0.6) is 0 Å². The fourth-order valence-electron chi connectivity index (χ4n) is 3.70. The Morgan fingerprint density at radius 2 is 2.03 bits per heavy atom. The van der Waals surface area contributed by atoms with Crippen LogP contribution in [-0.4, -0.2) is 43.3 Å². The maximum atomic E-state index is 12.2. The molecule has 0 aromatic carbocycles. The summed E-state index contributed by atoms with van der Waals surface area (Å²) in [4.78, 5) is 24.2. The monoisotopic (exact) mass is 401 g/mol. The van der Waals surface area contributed by atoms with E-state index >= 15 is 0 Å². The number of esters is 1. The van der Waals surface area contributed by atoms with Crippen molar-refractivity contribution in [2.24, 2.45) is 5.92 Å². The van der Waals surface area contributed by atoms with E-state index < -0.39 is 5.97 Å². The van der Waals surface area contributed by atoms with Crippen molar-refractivity contribution in [3.63, 3.8) is 0 Å². The van der Waals surface area contributed by atoms with Crippen LogP contribution >= 0.6 is 0 Å². The molecule has 1 aliphatic rings. The predicted octanol–water partition coefficient (Wildman–Crippen LogP) is 2.90. The van der Waals surface area contributed by atoms with Gasteiger partial charge in [-0.25, -0.2) is 4.79 Å². The molecule has 0 atom stereocenters. The quantitative estimate of drug-likeness (QED) is 0.390. The number of aromatic nitrogens is 1. The van der Waals surface area contributed by atoms with E-state index in [2.05, 4.69) is 9.88 Å². The van der Waals surface area contributed by atoms with Gasteiger partial charge in [0.05, 0.1) is 6.61 Å². The third-order valence-corrected chi connectivity index (χ3v) is 5.42. The van der Waals surface area contributed by atoms with Gasteiger partial charge in [-0.15, -0.1) is 0 Å². The summed E-state index contributed by atoms with van der Waals surface area (Å²) >= 11 is 0. The van der Waals surface area contributed by atoms with Gasteiger partial charge in [0.25, 0.3) is 5.91 Å². The number of carbonyl (C=O) groups excluding carboxylic acids is 2. The van der Waals surface area contributed by atoms with Crippen molar-refractivity contribution >= 4 is 18.0 Å². The van der Waals surface area contributed by atoms with Gasteiger partial charge in [-0.05, 0) is 50.3 Å². The van der Waals surface area contributed by atoms with Crippen LogP contribution in [0.1, 0.15) is 49.1 Å². The van der Waals surface area contributed by atoms with Crippen LogP contribution in [0.3, 0.4) is 0 Å². The average molecular weight is 402 g/mol. The lowest BCUT2D eigenvalue weighted by Crippen LogP contribution is -2.33. The van der Waals surface area contributed by atoms with Crippen molar-refractivity contribution in [3.8, 4) is 6.07 Å². The number of hydrogen-bond donors (Lipinski definition) is 1. The Bertz CT molecular complexity index is 783. The molecule has 1 aliphatic carbocycles. The first-order valence-corrected chi connectivity index (χ1v) is 10.2. The van der Waals surface area contributed by atoms with Crippen molar-refractivity contribution in [2.75, 3.05) is 26.9 Å². The number of methoxy groups -OCH3 is 1. The maximum absolute atomic E-state index is 12.2. The number of nitrogens with zero attached hydrogens (tertiary/aromatic N) is 2. The van der Waals surface area contributed by atoms with Crippen molar-refractivity contribution < 1.29 is 19.1 Å². The van der Waals surface area contributed by atoms with Gasteiger partial charge >= 0.3 is 5.97 Å². The Hall–Kier alpha value is -2.59. The molecule has 29 heavy (non-hydrogen) atoms. The summed E-state index contributed by atoms with van der Waals surface area (Å²) in [5.74, 6) is -0.618. The number of hydrogen-bond acceptors (Lipinski definition) is 5. The Balaban J connectivity index is 1.91. The minimum absolute atomic E-state index is 0.128. The van der Waals surface area contributed by atoms with Crippen LogP contribution < -0.4 is 5.32 Å². The Labute approximate surface area is 172 Å². The van der Waals surface area contributed by atoms with Crippen LogP contribution in [0.4, 0.5) is 0 Å². The van der Waals surface area contributed by atoms with Crippen LogP contribution in [0.15, 0.2) is 11.6 Å². The summed E-state index contributed by atoms with van der Waals surface area (Å²) in [6, 6.07) is 3.79. The van der Waals surface area contributed by atoms with Crippen molar-refractivity contribution in [1.29, 1.82) is 5.26 Å². The summed E-state index contributed by atoms with van der Waals surface area (Å²) < 4.78 is 12.2.